The Kier molecular flexibility index (Phi) is 5.82. The van der Waals surface area contributed by atoms with Gasteiger partial charge in [0.15, 0.2) is 0 Å². The highest BCUT2D eigenvalue weighted by molar-refractivity contribution is 7.98. The number of hydrogen-bond donors (Lipinski definition) is 2. The van der Waals surface area contributed by atoms with Gasteiger partial charge in [0.1, 0.15) is 0 Å². The largest absolute Gasteiger partial charge is 0.481 e. The minimum absolute atomic E-state index is 0.115. The lowest BCUT2D eigenvalue weighted by atomic mass is 9.82. The van der Waals surface area contributed by atoms with E-state index >= 15 is 0 Å². The van der Waals surface area contributed by atoms with Gasteiger partial charge in [-0.3, -0.25) is 9.59 Å². The van der Waals surface area contributed by atoms with Crippen molar-refractivity contribution in [3.63, 3.8) is 0 Å². The molecule has 0 spiro atoms. The molecule has 1 rings (SSSR count). The van der Waals surface area contributed by atoms with Gasteiger partial charge in [-0.05, 0) is 31.3 Å². The zero-order valence-electron chi connectivity index (χ0n) is 10.3. The lowest BCUT2D eigenvalue weighted by molar-refractivity contribution is -0.151. The predicted molar refractivity (Wildman–Crippen MR) is 69.2 cm³/mol. The first-order valence-corrected chi connectivity index (χ1v) is 7.49. The Morgan fingerprint density at radius 3 is 2.53 bits per heavy atom. The fourth-order valence-corrected chi connectivity index (χ4v) is 2.77. The van der Waals surface area contributed by atoms with Crippen molar-refractivity contribution in [3.05, 3.63) is 0 Å². The Balaban J connectivity index is 2.35. The van der Waals surface area contributed by atoms with Crippen molar-refractivity contribution in [2.45, 2.75) is 38.5 Å². The second-order valence-corrected chi connectivity index (χ2v) is 5.65. The zero-order valence-corrected chi connectivity index (χ0v) is 11.1. The normalized spacial score (nSPS) is 17.9. The number of carboxylic acid groups (broad SMARTS) is 1. The lowest BCUT2D eigenvalue weighted by Gasteiger charge is -2.22. The predicted octanol–water partition coefficient (Wildman–Crippen LogP) is 1.89. The summed E-state index contributed by atoms with van der Waals surface area (Å²) in [4.78, 5) is 22.9. The fourth-order valence-electron chi connectivity index (χ4n) is 2.33. The molecule has 4 nitrogen and oxygen atoms in total. The van der Waals surface area contributed by atoms with Crippen LogP contribution in [0.1, 0.15) is 38.5 Å². The maximum Gasteiger partial charge on any atom is 0.310 e. The molecule has 0 aromatic rings. The van der Waals surface area contributed by atoms with Crippen LogP contribution in [0.3, 0.4) is 0 Å². The van der Waals surface area contributed by atoms with E-state index in [1.807, 2.05) is 6.26 Å². The first-order chi connectivity index (χ1) is 8.10. The Morgan fingerprint density at radius 2 is 2.00 bits per heavy atom. The third kappa shape index (κ3) is 4.22. The average molecular weight is 259 g/mol. The van der Waals surface area contributed by atoms with Gasteiger partial charge in [0.2, 0.25) is 5.91 Å². The number of rotatable bonds is 7. The van der Waals surface area contributed by atoms with E-state index < -0.39 is 11.4 Å². The SMILES string of the molecule is CSCCCNC(=O)CC1(C(=O)O)CCCC1. The quantitative estimate of drug-likeness (QED) is 0.685. The molecule has 0 atom stereocenters. The molecule has 1 saturated carbocycles. The van der Waals surface area contributed by atoms with Crippen LogP contribution in [-0.4, -0.2) is 35.5 Å². The lowest BCUT2D eigenvalue weighted by Crippen LogP contribution is -2.36. The number of nitrogens with one attached hydrogen (secondary N) is 1. The van der Waals surface area contributed by atoms with Gasteiger partial charge in [-0.1, -0.05) is 12.8 Å². The van der Waals surface area contributed by atoms with Crippen molar-refractivity contribution in [1.29, 1.82) is 0 Å². The molecular formula is C12H21NO3S. The van der Waals surface area contributed by atoms with E-state index in [-0.39, 0.29) is 12.3 Å². The van der Waals surface area contributed by atoms with Crippen LogP contribution in [0.15, 0.2) is 0 Å². The number of carboxylic acids is 1. The summed E-state index contributed by atoms with van der Waals surface area (Å²) in [6, 6.07) is 0. The van der Waals surface area contributed by atoms with Crippen LogP contribution >= 0.6 is 11.8 Å². The third-order valence-corrected chi connectivity index (χ3v) is 4.06. The Morgan fingerprint density at radius 1 is 1.35 bits per heavy atom. The van der Waals surface area contributed by atoms with Crippen molar-refractivity contribution < 1.29 is 14.7 Å². The maximum atomic E-state index is 11.7. The fraction of sp³-hybridized carbons (Fsp3) is 0.833. The molecule has 5 heteroatoms. The molecule has 1 aliphatic carbocycles. The van der Waals surface area contributed by atoms with Crippen LogP contribution in [0.2, 0.25) is 0 Å². The average Bonchev–Trinajstić information content (AvgIpc) is 2.74. The van der Waals surface area contributed by atoms with Crippen LogP contribution < -0.4 is 5.32 Å². The smallest absolute Gasteiger partial charge is 0.310 e. The number of thioether (sulfide) groups is 1. The van der Waals surface area contributed by atoms with Crippen LogP contribution in [0, 0.1) is 5.41 Å². The summed E-state index contributed by atoms with van der Waals surface area (Å²) in [6.45, 7) is 0.648. The van der Waals surface area contributed by atoms with Crippen molar-refractivity contribution in [2.75, 3.05) is 18.6 Å². The summed E-state index contributed by atoms with van der Waals surface area (Å²) in [5.74, 6) is 0.0920. The van der Waals surface area contributed by atoms with Crippen LogP contribution in [0.4, 0.5) is 0 Å². The number of aliphatic carboxylic acids is 1. The van der Waals surface area contributed by atoms with Gasteiger partial charge < -0.3 is 10.4 Å². The molecule has 1 fully saturated rings. The number of carbonyl (C=O) groups excluding carboxylic acids is 1. The van der Waals surface area contributed by atoms with E-state index in [9.17, 15) is 14.7 Å². The Hall–Kier alpha value is -0.710. The van der Waals surface area contributed by atoms with Crippen LogP contribution in [0.25, 0.3) is 0 Å². The second kappa shape index (κ2) is 6.89. The number of amides is 1. The molecule has 2 N–H and O–H groups in total. The summed E-state index contributed by atoms with van der Waals surface area (Å²) in [5, 5.41) is 12.0. The molecule has 0 bridgehead atoms. The van der Waals surface area contributed by atoms with Crippen molar-refractivity contribution in [3.8, 4) is 0 Å². The van der Waals surface area contributed by atoms with Crippen LogP contribution in [-0.2, 0) is 9.59 Å². The first kappa shape index (κ1) is 14.4. The molecule has 0 radical (unpaired) electrons. The highest BCUT2D eigenvalue weighted by Crippen LogP contribution is 2.41. The molecule has 0 heterocycles. The van der Waals surface area contributed by atoms with E-state index in [0.29, 0.717) is 19.4 Å². The molecule has 0 aromatic heterocycles. The summed E-state index contributed by atoms with van der Waals surface area (Å²) >= 11 is 1.74. The summed E-state index contributed by atoms with van der Waals surface area (Å²) < 4.78 is 0. The third-order valence-electron chi connectivity index (χ3n) is 3.36. The minimum atomic E-state index is -0.811. The molecule has 98 valence electrons. The first-order valence-electron chi connectivity index (χ1n) is 6.10. The van der Waals surface area contributed by atoms with Crippen molar-refractivity contribution in [2.24, 2.45) is 5.41 Å². The summed E-state index contributed by atoms with van der Waals surface area (Å²) in [7, 11) is 0. The van der Waals surface area contributed by atoms with Gasteiger partial charge in [0.05, 0.1) is 5.41 Å². The molecule has 17 heavy (non-hydrogen) atoms. The maximum absolute atomic E-state index is 11.7. The molecule has 0 aliphatic heterocycles. The zero-order chi connectivity index (χ0) is 12.7. The molecule has 1 amide bonds. The van der Waals surface area contributed by atoms with Gasteiger partial charge in [-0.25, -0.2) is 0 Å². The molecular weight excluding hydrogens is 238 g/mol. The van der Waals surface area contributed by atoms with Crippen molar-refractivity contribution >= 4 is 23.6 Å². The highest BCUT2D eigenvalue weighted by atomic mass is 32.2. The summed E-state index contributed by atoms with van der Waals surface area (Å²) in [5.41, 5.74) is -0.788. The van der Waals surface area contributed by atoms with E-state index in [2.05, 4.69) is 5.32 Å². The molecule has 0 aromatic carbocycles. The van der Waals surface area contributed by atoms with Gasteiger partial charge >= 0.3 is 5.97 Å². The Bertz CT molecular complexity index is 275. The van der Waals surface area contributed by atoms with Crippen LogP contribution in [0.5, 0.6) is 0 Å². The van der Waals surface area contributed by atoms with E-state index in [4.69, 9.17) is 0 Å². The van der Waals surface area contributed by atoms with Gasteiger partial charge in [-0.2, -0.15) is 11.8 Å². The number of carbonyl (C=O) groups is 2. The van der Waals surface area contributed by atoms with Gasteiger partial charge in [-0.15, -0.1) is 0 Å². The standard InChI is InChI=1S/C12H21NO3S/c1-17-8-4-7-13-10(14)9-12(11(15)16)5-2-3-6-12/h2-9H2,1H3,(H,13,14)(H,15,16). The van der Waals surface area contributed by atoms with E-state index in [1.165, 1.54) is 0 Å². The molecule has 0 saturated heterocycles. The molecule has 0 unspecified atom stereocenters. The van der Waals surface area contributed by atoms with Crippen molar-refractivity contribution in [1.82, 2.24) is 5.32 Å². The number of hydrogen-bond acceptors (Lipinski definition) is 3. The van der Waals surface area contributed by atoms with Gasteiger partial charge in [0, 0.05) is 13.0 Å². The second-order valence-electron chi connectivity index (χ2n) is 4.67. The highest BCUT2D eigenvalue weighted by Gasteiger charge is 2.42. The Labute approximate surface area is 107 Å². The van der Waals surface area contributed by atoms with E-state index in [0.717, 1.165) is 25.0 Å². The monoisotopic (exact) mass is 259 g/mol. The topological polar surface area (TPSA) is 66.4 Å². The van der Waals surface area contributed by atoms with Gasteiger partial charge in [0.25, 0.3) is 0 Å². The minimum Gasteiger partial charge on any atom is -0.481 e. The summed E-state index contributed by atoms with van der Waals surface area (Å²) in [6.07, 6.45) is 6.23. The van der Waals surface area contributed by atoms with E-state index in [1.54, 1.807) is 11.8 Å². The molecule has 1 aliphatic rings.